The van der Waals surface area contributed by atoms with Crippen molar-refractivity contribution in [3.63, 3.8) is 0 Å². The Morgan fingerprint density at radius 2 is 1.57 bits per heavy atom. The van der Waals surface area contributed by atoms with Crippen molar-refractivity contribution in [2.24, 2.45) is 0 Å². The van der Waals surface area contributed by atoms with Crippen LogP contribution in [-0.2, 0) is 9.59 Å². The van der Waals surface area contributed by atoms with Crippen molar-refractivity contribution in [3.05, 3.63) is 101 Å². The molecule has 6 heteroatoms. The van der Waals surface area contributed by atoms with Crippen molar-refractivity contribution < 1.29 is 14.0 Å². The smallest absolute Gasteiger partial charge is 0.282 e. The largest absolute Gasteiger partial charge is 0.350 e. The van der Waals surface area contributed by atoms with E-state index in [0.717, 1.165) is 15.7 Å². The van der Waals surface area contributed by atoms with Gasteiger partial charge >= 0.3 is 0 Å². The van der Waals surface area contributed by atoms with Crippen LogP contribution < -0.4 is 10.2 Å². The standard InChI is InChI=1S/C24H15FN2O2S/c25-17-10-3-4-12-19(17)27-23(28)21(20-13-6-14-30-20)22(24(27)29)26-18-11-5-8-15-7-1-2-9-16(15)18/h1-14,26H. The third-order valence-electron chi connectivity index (χ3n) is 4.99. The minimum absolute atomic E-state index is 0.0590. The van der Waals surface area contributed by atoms with E-state index in [9.17, 15) is 14.0 Å². The van der Waals surface area contributed by atoms with Gasteiger partial charge in [0.2, 0.25) is 0 Å². The molecule has 0 radical (unpaired) electrons. The third kappa shape index (κ3) is 2.89. The fourth-order valence-electron chi connectivity index (χ4n) is 3.62. The number of para-hydroxylation sites is 1. The summed E-state index contributed by atoms with van der Waals surface area (Å²) in [7, 11) is 0. The number of hydrogen-bond donors (Lipinski definition) is 1. The molecule has 5 rings (SSSR count). The molecular formula is C24H15FN2O2S. The summed E-state index contributed by atoms with van der Waals surface area (Å²) >= 11 is 1.35. The molecule has 2 amide bonds. The lowest BCUT2D eigenvalue weighted by molar-refractivity contribution is -0.120. The normalized spacial score (nSPS) is 14.1. The molecule has 4 aromatic rings. The Morgan fingerprint density at radius 1 is 0.800 bits per heavy atom. The number of fused-ring (bicyclic) bond motifs is 1. The molecule has 0 spiro atoms. The topological polar surface area (TPSA) is 49.4 Å². The Morgan fingerprint density at radius 3 is 2.37 bits per heavy atom. The number of anilines is 2. The highest BCUT2D eigenvalue weighted by Gasteiger charge is 2.41. The number of rotatable bonds is 4. The van der Waals surface area contributed by atoms with E-state index in [4.69, 9.17) is 0 Å². The van der Waals surface area contributed by atoms with Gasteiger partial charge in [-0.15, -0.1) is 11.3 Å². The number of thiophene rings is 1. The Kier molecular flexibility index (Phi) is 4.41. The number of halogens is 1. The number of nitrogens with one attached hydrogen (secondary N) is 1. The molecule has 0 unspecified atom stereocenters. The number of hydrogen-bond acceptors (Lipinski definition) is 4. The van der Waals surface area contributed by atoms with Crippen LogP contribution in [0.4, 0.5) is 15.8 Å². The van der Waals surface area contributed by atoms with E-state index in [1.807, 2.05) is 53.9 Å². The van der Waals surface area contributed by atoms with E-state index in [1.165, 1.54) is 29.5 Å². The molecule has 4 nitrogen and oxygen atoms in total. The summed E-state index contributed by atoms with van der Waals surface area (Å²) in [4.78, 5) is 28.2. The molecule has 0 bridgehead atoms. The van der Waals surface area contributed by atoms with Gasteiger partial charge in [-0.25, -0.2) is 9.29 Å². The number of amides is 2. The average Bonchev–Trinajstić information content (AvgIpc) is 3.36. The first-order chi connectivity index (χ1) is 14.6. The summed E-state index contributed by atoms with van der Waals surface area (Å²) in [5.41, 5.74) is 1.03. The number of imide groups is 1. The molecule has 3 aromatic carbocycles. The molecule has 0 atom stereocenters. The Hall–Kier alpha value is -3.77. The number of carbonyl (C=O) groups excluding carboxylic acids is 2. The van der Waals surface area contributed by atoms with Crippen molar-refractivity contribution >= 4 is 50.9 Å². The van der Waals surface area contributed by atoms with Crippen LogP contribution >= 0.6 is 11.3 Å². The molecule has 0 saturated heterocycles. The van der Waals surface area contributed by atoms with E-state index in [-0.39, 0.29) is 17.0 Å². The molecular weight excluding hydrogens is 399 g/mol. The average molecular weight is 414 g/mol. The van der Waals surface area contributed by atoms with Gasteiger partial charge in [0.15, 0.2) is 0 Å². The highest BCUT2D eigenvalue weighted by Crippen LogP contribution is 2.37. The summed E-state index contributed by atoms with van der Waals surface area (Å²) in [5.74, 6) is -1.76. The van der Waals surface area contributed by atoms with Gasteiger partial charge in [-0.2, -0.15) is 0 Å². The van der Waals surface area contributed by atoms with Gasteiger partial charge in [0, 0.05) is 16.0 Å². The van der Waals surface area contributed by atoms with Gasteiger partial charge < -0.3 is 5.32 Å². The SMILES string of the molecule is O=C1C(Nc2cccc3ccccc23)=C(c2cccs2)C(=O)N1c1ccccc1F. The second-order valence-electron chi connectivity index (χ2n) is 6.78. The van der Waals surface area contributed by atoms with Crippen molar-refractivity contribution in [1.29, 1.82) is 0 Å². The lowest BCUT2D eigenvalue weighted by Gasteiger charge is -2.16. The van der Waals surface area contributed by atoms with Gasteiger partial charge in [-0.3, -0.25) is 9.59 Å². The van der Waals surface area contributed by atoms with Gasteiger partial charge in [-0.1, -0.05) is 54.6 Å². The quantitative estimate of drug-likeness (QED) is 0.453. The predicted molar refractivity (Wildman–Crippen MR) is 118 cm³/mol. The minimum Gasteiger partial charge on any atom is -0.350 e. The first kappa shape index (κ1) is 18.3. The van der Waals surface area contributed by atoms with E-state index in [0.29, 0.717) is 10.6 Å². The van der Waals surface area contributed by atoms with Gasteiger partial charge in [-0.05, 0) is 35.0 Å². The van der Waals surface area contributed by atoms with Crippen LogP contribution in [0.15, 0.2) is 89.9 Å². The van der Waals surface area contributed by atoms with Crippen LogP contribution in [-0.4, -0.2) is 11.8 Å². The van der Waals surface area contributed by atoms with Gasteiger partial charge in [0.25, 0.3) is 11.8 Å². The van der Waals surface area contributed by atoms with E-state index >= 15 is 0 Å². The zero-order valence-corrected chi connectivity index (χ0v) is 16.4. The molecule has 2 heterocycles. The minimum atomic E-state index is -0.629. The Labute approximate surface area is 175 Å². The van der Waals surface area contributed by atoms with Gasteiger partial charge in [0.05, 0.1) is 11.3 Å². The predicted octanol–water partition coefficient (Wildman–Crippen LogP) is 5.44. The lowest BCUT2D eigenvalue weighted by atomic mass is 10.1. The zero-order valence-electron chi connectivity index (χ0n) is 15.6. The monoisotopic (exact) mass is 414 g/mol. The Bertz CT molecular complexity index is 1320. The van der Waals surface area contributed by atoms with E-state index in [1.54, 1.807) is 12.1 Å². The molecule has 146 valence electrons. The first-order valence-electron chi connectivity index (χ1n) is 9.31. The Balaban J connectivity index is 1.66. The van der Waals surface area contributed by atoms with Crippen molar-refractivity contribution in [1.82, 2.24) is 0 Å². The fraction of sp³-hybridized carbons (Fsp3) is 0. The summed E-state index contributed by atoms with van der Waals surface area (Å²) in [5, 5.41) is 6.93. The van der Waals surface area contributed by atoms with E-state index < -0.39 is 17.6 Å². The molecule has 0 aliphatic carbocycles. The maximum atomic E-state index is 14.4. The van der Waals surface area contributed by atoms with Crippen LogP contribution in [0.2, 0.25) is 0 Å². The molecule has 1 aliphatic heterocycles. The van der Waals surface area contributed by atoms with Crippen LogP contribution in [0.3, 0.4) is 0 Å². The van der Waals surface area contributed by atoms with Crippen molar-refractivity contribution in [2.45, 2.75) is 0 Å². The molecule has 1 aromatic heterocycles. The second kappa shape index (κ2) is 7.24. The van der Waals surface area contributed by atoms with Crippen LogP contribution in [0.1, 0.15) is 4.88 Å². The number of benzene rings is 3. The van der Waals surface area contributed by atoms with Gasteiger partial charge in [0.1, 0.15) is 11.5 Å². The molecule has 1 N–H and O–H groups in total. The van der Waals surface area contributed by atoms with E-state index in [2.05, 4.69) is 5.32 Å². The highest BCUT2D eigenvalue weighted by molar-refractivity contribution is 7.11. The second-order valence-corrected chi connectivity index (χ2v) is 7.72. The van der Waals surface area contributed by atoms with Crippen LogP contribution in [0.5, 0.6) is 0 Å². The maximum Gasteiger partial charge on any atom is 0.282 e. The lowest BCUT2D eigenvalue weighted by Crippen LogP contribution is -2.33. The summed E-state index contributed by atoms with van der Waals surface area (Å²) in [6.07, 6.45) is 0. The molecule has 30 heavy (non-hydrogen) atoms. The molecule has 0 saturated carbocycles. The fourth-order valence-corrected chi connectivity index (χ4v) is 4.38. The summed E-state index contributed by atoms with van der Waals surface area (Å²) in [6, 6.07) is 22.8. The highest BCUT2D eigenvalue weighted by atomic mass is 32.1. The summed E-state index contributed by atoms with van der Waals surface area (Å²) in [6.45, 7) is 0. The van der Waals surface area contributed by atoms with Crippen LogP contribution in [0, 0.1) is 5.82 Å². The molecule has 1 aliphatic rings. The zero-order chi connectivity index (χ0) is 20.7. The van der Waals surface area contributed by atoms with Crippen LogP contribution in [0.25, 0.3) is 16.3 Å². The molecule has 0 fully saturated rings. The first-order valence-corrected chi connectivity index (χ1v) is 10.2. The third-order valence-corrected chi connectivity index (χ3v) is 5.88. The van der Waals surface area contributed by atoms with Crippen molar-refractivity contribution in [2.75, 3.05) is 10.2 Å². The van der Waals surface area contributed by atoms with Crippen molar-refractivity contribution in [3.8, 4) is 0 Å². The number of carbonyl (C=O) groups is 2. The maximum absolute atomic E-state index is 14.4. The summed E-state index contributed by atoms with van der Waals surface area (Å²) < 4.78 is 14.4. The number of nitrogens with zero attached hydrogens (tertiary/aromatic N) is 1.